The van der Waals surface area contributed by atoms with Crippen molar-refractivity contribution in [3.8, 4) is 11.3 Å². The molecule has 1 N–H and O–H groups in total. The Hall–Kier alpha value is -2.81. The van der Waals surface area contributed by atoms with Crippen LogP contribution in [-0.4, -0.2) is 34.1 Å². The molecule has 2 aromatic carbocycles. The normalized spacial score (nSPS) is 16.5. The van der Waals surface area contributed by atoms with Gasteiger partial charge < -0.3 is 9.52 Å². The molecule has 0 saturated carbocycles. The standard InChI is InChI=1S/C22H14BrClN2O4S/c1-26-20(27)19(31-22(26)25-14-5-7-16(23)17(24)10-14)11-15-6-8-18(30-15)12-3-2-4-13(9-12)21(28)29/h2-11H,1H3,(H,28,29)/b19-11+,25-22?. The summed E-state index contributed by atoms with van der Waals surface area (Å²) in [6, 6.07) is 15.2. The first kappa shape index (κ1) is 21.4. The summed E-state index contributed by atoms with van der Waals surface area (Å²) in [4.78, 5) is 30.3. The molecule has 0 aliphatic carbocycles. The van der Waals surface area contributed by atoms with Crippen molar-refractivity contribution in [1.82, 2.24) is 4.90 Å². The average Bonchev–Trinajstić information content (AvgIpc) is 3.32. The molecule has 1 aromatic heterocycles. The molecular weight excluding hydrogens is 504 g/mol. The summed E-state index contributed by atoms with van der Waals surface area (Å²) in [5.74, 6) is -0.214. The second-order valence-electron chi connectivity index (χ2n) is 6.56. The molecule has 1 amide bonds. The third-order valence-electron chi connectivity index (χ3n) is 4.43. The van der Waals surface area contributed by atoms with E-state index in [1.165, 1.54) is 28.8 Å². The van der Waals surface area contributed by atoms with Gasteiger partial charge in [-0.2, -0.15) is 0 Å². The van der Waals surface area contributed by atoms with Gasteiger partial charge >= 0.3 is 5.97 Å². The molecule has 0 bridgehead atoms. The zero-order valence-corrected chi connectivity index (χ0v) is 19.2. The van der Waals surface area contributed by atoms with Crippen molar-refractivity contribution >= 4 is 68.1 Å². The minimum atomic E-state index is -1.01. The van der Waals surface area contributed by atoms with Crippen LogP contribution in [0.5, 0.6) is 0 Å². The van der Waals surface area contributed by atoms with Crippen molar-refractivity contribution in [3.05, 3.63) is 80.3 Å². The van der Waals surface area contributed by atoms with E-state index in [1.54, 1.807) is 55.6 Å². The molecule has 0 atom stereocenters. The fourth-order valence-electron chi connectivity index (χ4n) is 2.84. The van der Waals surface area contributed by atoms with Crippen LogP contribution in [0.1, 0.15) is 16.1 Å². The Balaban J connectivity index is 1.59. The van der Waals surface area contributed by atoms with Crippen LogP contribution in [0.3, 0.4) is 0 Å². The van der Waals surface area contributed by atoms with Crippen LogP contribution in [-0.2, 0) is 4.79 Å². The lowest BCUT2D eigenvalue weighted by Gasteiger charge is -2.07. The second-order valence-corrected chi connectivity index (χ2v) is 8.83. The van der Waals surface area contributed by atoms with E-state index in [0.717, 1.165) is 4.47 Å². The van der Waals surface area contributed by atoms with Gasteiger partial charge in [-0.05, 0) is 70.2 Å². The van der Waals surface area contributed by atoms with E-state index in [4.69, 9.17) is 21.1 Å². The Kier molecular flexibility index (Phi) is 6.04. The van der Waals surface area contributed by atoms with E-state index in [0.29, 0.717) is 37.9 Å². The predicted octanol–water partition coefficient (Wildman–Crippen LogP) is 6.29. The Morgan fingerprint density at radius 3 is 2.77 bits per heavy atom. The lowest BCUT2D eigenvalue weighted by Crippen LogP contribution is -2.23. The van der Waals surface area contributed by atoms with Crippen LogP contribution in [0.2, 0.25) is 5.02 Å². The second kappa shape index (κ2) is 8.74. The lowest BCUT2D eigenvalue weighted by atomic mass is 10.1. The number of carbonyl (C=O) groups excluding carboxylic acids is 1. The van der Waals surface area contributed by atoms with Gasteiger partial charge in [-0.1, -0.05) is 23.7 Å². The van der Waals surface area contributed by atoms with Crippen molar-refractivity contribution in [2.75, 3.05) is 7.05 Å². The molecule has 1 saturated heterocycles. The molecule has 1 aliphatic heterocycles. The highest BCUT2D eigenvalue weighted by molar-refractivity contribution is 9.10. The predicted molar refractivity (Wildman–Crippen MR) is 126 cm³/mol. The summed E-state index contributed by atoms with van der Waals surface area (Å²) in [5.41, 5.74) is 1.45. The number of hydrogen-bond donors (Lipinski definition) is 1. The van der Waals surface area contributed by atoms with Crippen LogP contribution in [0.15, 0.2) is 73.4 Å². The number of hydrogen-bond acceptors (Lipinski definition) is 5. The van der Waals surface area contributed by atoms with Crippen molar-refractivity contribution in [1.29, 1.82) is 0 Å². The summed E-state index contributed by atoms with van der Waals surface area (Å²) in [6.45, 7) is 0. The number of carboxylic acids is 1. The first-order valence-corrected chi connectivity index (χ1v) is 11.0. The number of carbonyl (C=O) groups is 2. The Morgan fingerprint density at radius 1 is 1.23 bits per heavy atom. The zero-order chi connectivity index (χ0) is 22.1. The van der Waals surface area contributed by atoms with Gasteiger partial charge in [-0.15, -0.1) is 0 Å². The number of amides is 1. The van der Waals surface area contributed by atoms with Crippen LogP contribution in [0, 0.1) is 0 Å². The fourth-order valence-corrected chi connectivity index (χ4v) is 4.23. The van der Waals surface area contributed by atoms with E-state index in [-0.39, 0.29) is 11.5 Å². The number of carboxylic acid groups (broad SMARTS) is 1. The molecule has 9 heteroatoms. The first-order valence-electron chi connectivity index (χ1n) is 8.97. The van der Waals surface area contributed by atoms with Crippen LogP contribution < -0.4 is 0 Å². The highest BCUT2D eigenvalue weighted by atomic mass is 79.9. The number of rotatable bonds is 4. The summed E-state index contributed by atoms with van der Waals surface area (Å²) in [6.07, 6.45) is 1.64. The summed E-state index contributed by atoms with van der Waals surface area (Å²) in [5, 5.41) is 10.2. The Morgan fingerprint density at radius 2 is 2.03 bits per heavy atom. The molecule has 3 aromatic rings. The van der Waals surface area contributed by atoms with E-state index in [2.05, 4.69) is 20.9 Å². The molecule has 156 valence electrons. The van der Waals surface area contributed by atoms with Gasteiger partial charge in [0.05, 0.1) is 21.2 Å². The fraction of sp³-hybridized carbons (Fsp3) is 0.0455. The summed E-state index contributed by atoms with van der Waals surface area (Å²) in [7, 11) is 1.65. The number of benzene rings is 2. The summed E-state index contributed by atoms with van der Waals surface area (Å²) < 4.78 is 6.58. The maximum Gasteiger partial charge on any atom is 0.335 e. The largest absolute Gasteiger partial charge is 0.478 e. The molecule has 6 nitrogen and oxygen atoms in total. The third-order valence-corrected chi connectivity index (χ3v) is 6.72. The SMILES string of the molecule is CN1C(=O)/C(=C\c2ccc(-c3cccc(C(=O)O)c3)o2)SC1=Nc1ccc(Br)c(Cl)c1. The van der Waals surface area contributed by atoms with Gasteiger partial charge in [0.25, 0.3) is 5.91 Å². The lowest BCUT2D eigenvalue weighted by molar-refractivity contribution is -0.121. The van der Waals surface area contributed by atoms with E-state index in [9.17, 15) is 9.59 Å². The molecule has 2 heterocycles. The molecular formula is C22H14BrClN2O4S. The zero-order valence-electron chi connectivity index (χ0n) is 16.0. The smallest absolute Gasteiger partial charge is 0.335 e. The van der Waals surface area contributed by atoms with Crippen molar-refractivity contribution < 1.29 is 19.1 Å². The molecule has 0 radical (unpaired) electrons. The number of halogens is 2. The molecule has 1 aliphatic rings. The first-order chi connectivity index (χ1) is 14.8. The Labute approximate surface area is 195 Å². The van der Waals surface area contributed by atoms with Crippen LogP contribution in [0.25, 0.3) is 17.4 Å². The van der Waals surface area contributed by atoms with Gasteiger partial charge in [-0.3, -0.25) is 9.69 Å². The number of amidine groups is 1. The van der Waals surface area contributed by atoms with Gasteiger partial charge in [0.2, 0.25) is 0 Å². The molecule has 31 heavy (non-hydrogen) atoms. The highest BCUT2D eigenvalue weighted by Crippen LogP contribution is 2.35. The Bertz CT molecular complexity index is 1270. The van der Waals surface area contributed by atoms with Gasteiger partial charge in [0.15, 0.2) is 5.17 Å². The van der Waals surface area contributed by atoms with Crippen molar-refractivity contribution in [3.63, 3.8) is 0 Å². The third kappa shape index (κ3) is 4.61. The topological polar surface area (TPSA) is 83.1 Å². The molecule has 0 spiro atoms. The van der Waals surface area contributed by atoms with E-state index >= 15 is 0 Å². The van der Waals surface area contributed by atoms with Gasteiger partial charge in [0.1, 0.15) is 11.5 Å². The minimum Gasteiger partial charge on any atom is -0.478 e. The summed E-state index contributed by atoms with van der Waals surface area (Å²) >= 11 is 10.7. The maximum absolute atomic E-state index is 12.6. The quantitative estimate of drug-likeness (QED) is 0.411. The number of thioether (sulfide) groups is 1. The number of nitrogens with zero attached hydrogens (tertiary/aromatic N) is 2. The maximum atomic E-state index is 12.6. The number of furan rings is 1. The molecule has 0 unspecified atom stereocenters. The number of aromatic carboxylic acids is 1. The monoisotopic (exact) mass is 516 g/mol. The van der Waals surface area contributed by atoms with Gasteiger partial charge in [-0.25, -0.2) is 9.79 Å². The minimum absolute atomic E-state index is 0.172. The van der Waals surface area contributed by atoms with Crippen LogP contribution in [0.4, 0.5) is 5.69 Å². The van der Waals surface area contributed by atoms with Crippen molar-refractivity contribution in [2.24, 2.45) is 4.99 Å². The van der Waals surface area contributed by atoms with Crippen LogP contribution >= 0.6 is 39.3 Å². The number of aliphatic imine (C=N–C) groups is 1. The molecule has 1 fully saturated rings. The number of likely N-dealkylation sites (N-methyl/N-ethyl adjacent to an activating group) is 1. The van der Waals surface area contributed by atoms with E-state index in [1.807, 2.05) is 0 Å². The highest BCUT2D eigenvalue weighted by Gasteiger charge is 2.30. The van der Waals surface area contributed by atoms with Gasteiger partial charge in [0, 0.05) is 23.2 Å². The molecule has 4 rings (SSSR count). The average molecular weight is 518 g/mol. The van der Waals surface area contributed by atoms with Crippen molar-refractivity contribution in [2.45, 2.75) is 0 Å². The van der Waals surface area contributed by atoms with E-state index < -0.39 is 5.97 Å².